The molecule has 1 atom stereocenters. The summed E-state index contributed by atoms with van der Waals surface area (Å²) in [6.07, 6.45) is 2.99. The third kappa shape index (κ3) is 3.38. The van der Waals surface area contributed by atoms with Gasteiger partial charge in [0.2, 0.25) is 5.88 Å². The Balaban J connectivity index is 1.53. The average Bonchev–Trinajstić information content (AvgIpc) is 3.43. The van der Waals surface area contributed by atoms with Gasteiger partial charge in [-0.15, -0.1) is 0 Å². The molecule has 1 aliphatic carbocycles. The second kappa shape index (κ2) is 7.80. The monoisotopic (exact) mass is 417 g/mol. The summed E-state index contributed by atoms with van der Waals surface area (Å²) in [5, 5.41) is 4.73. The molecule has 0 unspecified atom stereocenters. The predicted molar refractivity (Wildman–Crippen MR) is 117 cm³/mol. The first-order chi connectivity index (χ1) is 15.1. The zero-order valence-corrected chi connectivity index (χ0v) is 18.2. The van der Waals surface area contributed by atoms with E-state index in [4.69, 9.17) is 14.8 Å². The summed E-state index contributed by atoms with van der Waals surface area (Å²) in [5.41, 5.74) is 3.75. The normalized spacial score (nSPS) is 17.5. The molecule has 0 bridgehead atoms. The lowest BCUT2D eigenvalue weighted by molar-refractivity contribution is 0.0532. The number of carbonyl (C=O) groups is 1. The van der Waals surface area contributed by atoms with Gasteiger partial charge in [-0.25, -0.2) is 14.6 Å². The van der Waals surface area contributed by atoms with Crippen LogP contribution in [0.15, 0.2) is 36.4 Å². The highest BCUT2D eigenvalue weighted by Crippen LogP contribution is 2.35. The van der Waals surface area contributed by atoms with Crippen molar-refractivity contribution in [2.24, 2.45) is 5.92 Å². The molecule has 0 fully saturated rings. The number of aromatic nitrogens is 4. The molecule has 1 aromatic carbocycles. The van der Waals surface area contributed by atoms with Gasteiger partial charge in [0.25, 0.3) is 5.91 Å². The number of benzene rings is 1. The Hall–Kier alpha value is -3.22. The van der Waals surface area contributed by atoms with Gasteiger partial charge >= 0.3 is 0 Å². The van der Waals surface area contributed by atoms with Crippen LogP contribution in [-0.4, -0.2) is 44.2 Å². The largest absolute Gasteiger partial charge is 0.480 e. The second-order valence-electron chi connectivity index (χ2n) is 8.57. The maximum atomic E-state index is 13.7. The molecule has 5 rings (SSSR count). The number of fused-ring (bicyclic) bond motifs is 2. The summed E-state index contributed by atoms with van der Waals surface area (Å²) >= 11 is 0. The summed E-state index contributed by atoms with van der Waals surface area (Å²) in [6, 6.07) is 11.8. The molecule has 0 spiro atoms. The molecule has 160 valence electrons. The highest BCUT2D eigenvalue weighted by atomic mass is 16.5. The van der Waals surface area contributed by atoms with E-state index in [9.17, 15) is 4.79 Å². The van der Waals surface area contributed by atoms with Gasteiger partial charge in [0.15, 0.2) is 11.6 Å². The van der Waals surface area contributed by atoms with Crippen molar-refractivity contribution < 1.29 is 9.53 Å². The smallest absolute Gasteiger partial charge is 0.260 e. The number of methoxy groups -OCH3 is 1. The Morgan fingerprint density at radius 1 is 1.13 bits per heavy atom. The van der Waals surface area contributed by atoms with E-state index in [0.717, 1.165) is 41.9 Å². The standard InChI is InChI=1S/C24H27N5O2/c1-15(2)20-22-26-21(16-8-5-4-6-9-16)27-29(22)13-12-28(20)24(30)18-14-17-10-7-11-19(17)25-23(18)31-3/h4-6,8-9,14-15,20H,7,10-13H2,1-3H3/t20-/m0/s1. The van der Waals surface area contributed by atoms with Crippen molar-refractivity contribution in [2.45, 2.75) is 45.7 Å². The first-order valence-corrected chi connectivity index (χ1v) is 10.9. The van der Waals surface area contributed by atoms with Crippen molar-refractivity contribution in [3.8, 4) is 17.3 Å². The highest BCUT2D eigenvalue weighted by molar-refractivity contribution is 5.97. The molecule has 0 N–H and O–H groups in total. The number of aryl methyl sites for hydroxylation is 2. The summed E-state index contributed by atoms with van der Waals surface area (Å²) in [5.74, 6) is 2.09. The fourth-order valence-electron chi connectivity index (χ4n) is 4.73. The molecule has 7 heteroatoms. The fourth-order valence-corrected chi connectivity index (χ4v) is 4.73. The Bertz CT molecular complexity index is 1120. The molecule has 0 saturated carbocycles. The van der Waals surface area contributed by atoms with Gasteiger partial charge in [-0.05, 0) is 36.8 Å². The molecular weight excluding hydrogens is 390 g/mol. The molecule has 0 saturated heterocycles. The number of nitrogens with zero attached hydrogens (tertiary/aromatic N) is 5. The van der Waals surface area contributed by atoms with Gasteiger partial charge < -0.3 is 9.64 Å². The van der Waals surface area contributed by atoms with Crippen LogP contribution in [-0.2, 0) is 19.4 Å². The lowest BCUT2D eigenvalue weighted by atomic mass is 9.98. The summed E-state index contributed by atoms with van der Waals surface area (Å²) in [6.45, 7) is 5.43. The van der Waals surface area contributed by atoms with E-state index in [1.54, 1.807) is 7.11 Å². The number of ether oxygens (including phenoxy) is 1. The molecular formula is C24H27N5O2. The molecule has 31 heavy (non-hydrogen) atoms. The SMILES string of the molecule is COc1nc2c(cc1C(=O)N1CCn3nc(-c4ccccc4)nc3[C@@H]1C(C)C)CCC2. The van der Waals surface area contributed by atoms with E-state index in [1.807, 2.05) is 46.0 Å². The van der Waals surface area contributed by atoms with Crippen LogP contribution in [0.4, 0.5) is 0 Å². The number of amides is 1. The van der Waals surface area contributed by atoms with Gasteiger partial charge in [-0.3, -0.25) is 4.79 Å². The van der Waals surface area contributed by atoms with Crippen molar-refractivity contribution in [3.05, 3.63) is 59.0 Å². The zero-order chi connectivity index (χ0) is 21.5. The van der Waals surface area contributed by atoms with Crippen LogP contribution in [0, 0.1) is 5.92 Å². The van der Waals surface area contributed by atoms with Crippen molar-refractivity contribution in [1.82, 2.24) is 24.6 Å². The van der Waals surface area contributed by atoms with Crippen molar-refractivity contribution in [3.63, 3.8) is 0 Å². The van der Waals surface area contributed by atoms with E-state index in [1.165, 1.54) is 0 Å². The summed E-state index contributed by atoms with van der Waals surface area (Å²) in [7, 11) is 1.58. The van der Waals surface area contributed by atoms with Gasteiger partial charge in [0.05, 0.1) is 19.7 Å². The van der Waals surface area contributed by atoms with Gasteiger partial charge in [-0.1, -0.05) is 44.2 Å². The van der Waals surface area contributed by atoms with Crippen LogP contribution >= 0.6 is 0 Å². The number of hydrogen-bond donors (Lipinski definition) is 0. The van der Waals surface area contributed by atoms with Crippen molar-refractivity contribution in [1.29, 1.82) is 0 Å². The Morgan fingerprint density at radius 2 is 1.94 bits per heavy atom. The van der Waals surface area contributed by atoms with E-state index >= 15 is 0 Å². The van der Waals surface area contributed by atoms with Crippen LogP contribution < -0.4 is 4.74 Å². The van der Waals surface area contributed by atoms with Gasteiger partial charge in [0.1, 0.15) is 5.56 Å². The van der Waals surface area contributed by atoms with E-state index in [2.05, 4.69) is 18.8 Å². The van der Waals surface area contributed by atoms with Gasteiger partial charge in [-0.2, -0.15) is 5.10 Å². The second-order valence-corrected chi connectivity index (χ2v) is 8.57. The molecule has 1 amide bonds. The lowest BCUT2D eigenvalue weighted by Gasteiger charge is -2.37. The van der Waals surface area contributed by atoms with Gasteiger partial charge in [0, 0.05) is 17.8 Å². The highest BCUT2D eigenvalue weighted by Gasteiger charge is 2.37. The van der Waals surface area contributed by atoms with E-state index < -0.39 is 0 Å². The lowest BCUT2D eigenvalue weighted by Crippen LogP contribution is -2.44. The van der Waals surface area contributed by atoms with Crippen LogP contribution in [0.1, 0.15) is 53.7 Å². The number of rotatable bonds is 4. The Labute approximate surface area is 182 Å². The third-order valence-electron chi connectivity index (χ3n) is 6.22. The number of carbonyl (C=O) groups excluding carboxylic acids is 1. The summed E-state index contributed by atoms with van der Waals surface area (Å²) < 4.78 is 7.47. The molecule has 1 aliphatic heterocycles. The van der Waals surface area contributed by atoms with Crippen LogP contribution in [0.3, 0.4) is 0 Å². The zero-order valence-electron chi connectivity index (χ0n) is 18.2. The summed E-state index contributed by atoms with van der Waals surface area (Å²) in [4.78, 5) is 25.2. The van der Waals surface area contributed by atoms with Crippen LogP contribution in [0.2, 0.25) is 0 Å². The quantitative estimate of drug-likeness (QED) is 0.647. The molecule has 3 heterocycles. The Morgan fingerprint density at radius 3 is 2.68 bits per heavy atom. The predicted octanol–water partition coefficient (Wildman–Crippen LogP) is 3.69. The average molecular weight is 418 g/mol. The van der Waals surface area contributed by atoms with Crippen LogP contribution in [0.5, 0.6) is 5.88 Å². The molecule has 2 aromatic heterocycles. The molecule has 3 aromatic rings. The first-order valence-electron chi connectivity index (χ1n) is 10.9. The first kappa shape index (κ1) is 19.7. The minimum atomic E-state index is -0.163. The third-order valence-corrected chi connectivity index (χ3v) is 6.22. The molecule has 0 radical (unpaired) electrons. The minimum Gasteiger partial charge on any atom is -0.480 e. The minimum absolute atomic E-state index is 0.0479. The van der Waals surface area contributed by atoms with Crippen molar-refractivity contribution >= 4 is 5.91 Å². The molecule has 2 aliphatic rings. The molecule has 7 nitrogen and oxygen atoms in total. The number of hydrogen-bond acceptors (Lipinski definition) is 5. The topological polar surface area (TPSA) is 73.1 Å². The van der Waals surface area contributed by atoms with Crippen molar-refractivity contribution in [2.75, 3.05) is 13.7 Å². The maximum Gasteiger partial charge on any atom is 0.260 e. The van der Waals surface area contributed by atoms with E-state index in [0.29, 0.717) is 30.4 Å². The van der Waals surface area contributed by atoms with E-state index in [-0.39, 0.29) is 17.9 Å². The Kier molecular flexibility index (Phi) is 4.96. The number of pyridine rings is 1. The maximum absolute atomic E-state index is 13.7. The van der Waals surface area contributed by atoms with Crippen LogP contribution in [0.25, 0.3) is 11.4 Å². The fraction of sp³-hybridized carbons (Fsp3) is 0.417.